The van der Waals surface area contributed by atoms with E-state index in [2.05, 4.69) is 40.1 Å². The van der Waals surface area contributed by atoms with Crippen LogP contribution in [-0.4, -0.2) is 80.3 Å². The first-order valence-corrected chi connectivity index (χ1v) is 20.7. The van der Waals surface area contributed by atoms with E-state index in [-0.39, 0.29) is 26.0 Å². The third-order valence-corrected chi connectivity index (χ3v) is 13.3. The highest BCUT2D eigenvalue weighted by Crippen LogP contribution is 2.47. The van der Waals surface area contributed by atoms with Crippen LogP contribution in [0.2, 0.25) is 0 Å². The first kappa shape index (κ1) is 39.5. The maximum Gasteiger partial charge on any atom is 0.407 e. The largest absolute Gasteiger partial charge is 0.450 e. The van der Waals surface area contributed by atoms with E-state index in [0.717, 1.165) is 48.8 Å². The SMILES string of the molecule is C=C[C@@H]1C[C@]1(NC(=O)[C@@H]1C[C@]2(OC)CN1C(=O)[C@H](C(C)(C)C)NC(=O)OCCCCCCCc1ccccc1-c1ccc2cc1)C(=O)NS(=O)(=O)C1CC1. The van der Waals surface area contributed by atoms with E-state index in [0.29, 0.717) is 19.3 Å². The predicted octanol–water partition coefficient (Wildman–Crippen LogP) is 5.11. The summed E-state index contributed by atoms with van der Waals surface area (Å²) in [6, 6.07) is 14.1. The summed E-state index contributed by atoms with van der Waals surface area (Å²) in [5, 5.41) is 5.00. The van der Waals surface area contributed by atoms with Gasteiger partial charge < -0.3 is 25.0 Å². The molecule has 2 aliphatic carbocycles. The summed E-state index contributed by atoms with van der Waals surface area (Å²) in [6.45, 7) is 9.45. The summed E-state index contributed by atoms with van der Waals surface area (Å²) in [4.78, 5) is 57.4. The number of amides is 4. The smallest absolute Gasteiger partial charge is 0.407 e. The molecule has 1 saturated heterocycles. The van der Waals surface area contributed by atoms with Gasteiger partial charge in [0.15, 0.2) is 0 Å². The number of benzene rings is 2. The van der Waals surface area contributed by atoms with Crippen LogP contribution < -0.4 is 15.4 Å². The molecular weight excluding hydrogens is 709 g/mol. The average Bonchev–Trinajstić information content (AvgIpc) is 4.07. The number of fused-ring (bicyclic) bond motifs is 13. The van der Waals surface area contributed by atoms with E-state index in [1.165, 1.54) is 23.6 Å². The Balaban J connectivity index is 1.36. The van der Waals surface area contributed by atoms with Crippen molar-refractivity contribution in [2.45, 2.75) is 113 Å². The topological polar surface area (TPSA) is 160 Å². The Hall–Kier alpha value is -4.23. The van der Waals surface area contributed by atoms with Gasteiger partial charge in [-0.15, -0.1) is 6.58 Å². The number of rotatable bonds is 7. The van der Waals surface area contributed by atoms with E-state index >= 15 is 0 Å². The Morgan fingerprint density at radius 1 is 1.00 bits per heavy atom. The molecule has 13 heteroatoms. The van der Waals surface area contributed by atoms with Crippen LogP contribution >= 0.6 is 0 Å². The van der Waals surface area contributed by atoms with E-state index in [1.54, 1.807) is 0 Å². The second-order valence-electron chi connectivity index (χ2n) is 16.4. The number of ether oxygens (including phenoxy) is 2. The van der Waals surface area contributed by atoms with Gasteiger partial charge in [0.25, 0.3) is 5.91 Å². The lowest BCUT2D eigenvalue weighted by molar-refractivity contribution is -0.143. The third kappa shape index (κ3) is 8.22. The van der Waals surface area contributed by atoms with E-state index < -0.39 is 73.6 Å². The molecule has 0 unspecified atom stereocenters. The molecule has 3 heterocycles. The maximum atomic E-state index is 14.7. The van der Waals surface area contributed by atoms with Crippen molar-refractivity contribution < 1.29 is 37.1 Å². The average molecular weight is 763 g/mol. The molecule has 2 aromatic rings. The van der Waals surface area contributed by atoms with Crippen molar-refractivity contribution in [1.29, 1.82) is 0 Å². The number of carbonyl (C=O) groups is 4. The number of nitrogens with zero attached hydrogens (tertiary/aromatic N) is 1. The van der Waals surface area contributed by atoms with Gasteiger partial charge in [-0.05, 0) is 66.2 Å². The normalized spacial score (nSPS) is 28.1. The summed E-state index contributed by atoms with van der Waals surface area (Å²) in [5.74, 6) is -2.49. The Kier molecular flexibility index (Phi) is 11.3. The minimum Gasteiger partial charge on any atom is -0.450 e. The third-order valence-electron chi connectivity index (χ3n) is 11.5. The molecule has 5 aliphatic rings. The number of nitrogens with one attached hydrogen (secondary N) is 3. The Labute approximate surface area is 318 Å². The number of methoxy groups -OCH3 is 1. The zero-order valence-electron chi connectivity index (χ0n) is 31.8. The van der Waals surface area contributed by atoms with Gasteiger partial charge in [-0.1, -0.05) is 94.6 Å². The van der Waals surface area contributed by atoms with Gasteiger partial charge >= 0.3 is 6.09 Å². The van der Waals surface area contributed by atoms with Crippen LogP contribution in [0.25, 0.3) is 11.1 Å². The van der Waals surface area contributed by atoms with Crippen molar-refractivity contribution in [3.8, 4) is 11.1 Å². The van der Waals surface area contributed by atoms with Crippen LogP contribution in [-0.2, 0) is 45.9 Å². The fraction of sp³-hybridized carbons (Fsp3) is 0.561. The second-order valence-corrected chi connectivity index (χ2v) is 18.4. The molecule has 2 saturated carbocycles. The standard InChI is InChI=1S/C41H54N4O8S/c1-6-29-24-41(29,37(48)44-54(50,51)31-21-22-31)43-35(46)33-25-40(52-5)26-45(33)36(47)34(39(2,3)4)42-38(49)53-23-13-9-7-8-10-14-27-15-11-12-16-32(27)28-17-19-30(40)20-18-28/h6,11-12,15-20,29,31,33-34H,1,7-10,13-14,21-26H2,2-5H3,(H,42,49)(H,43,46)(H,44,48)/t29-,33+,34-,40+,41-/m1/s1. The molecule has 4 bridgehead atoms. The lowest BCUT2D eigenvalue weighted by Crippen LogP contribution is -2.60. The highest BCUT2D eigenvalue weighted by molar-refractivity contribution is 7.91. The van der Waals surface area contributed by atoms with Crippen molar-refractivity contribution in [3.63, 3.8) is 0 Å². The van der Waals surface area contributed by atoms with Crippen molar-refractivity contribution >= 4 is 33.8 Å². The van der Waals surface area contributed by atoms with Gasteiger partial charge in [0.05, 0.1) is 18.4 Å². The number of hydrogen-bond acceptors (Lipinski definition) is 8. The molecule has 7 rings (SSSR count). The first-order valence-electron chi connectivity index (χ1n) is 19.1. The molecule has 0 aromatic heterocycles. The zero-order chi connectivity index (χ0) is 38.9. The number of aryl methyl sites for hydroxylation is 1. The summed E-state index contributed by atoms with van der Waals surface area (Å²) in [7, 11) is -2.36. The highest BCUT2D eigenvalue weighted by Gasteiger charge is 2.62. The minimum absolute atomic E-state index is 0.0280. The monoisotopic (exact) mass is 762 g/mol. The van der Waals surface area contributed by atoms with E-state index in [9.17, 15) is 27.6 Å². The number of sulfonamides is 1. The molecule has 4 amide bonds. The highest BCUT2D eigenvalue weighted by atomic mass is 32.2. The summed E-state index contributed by atoms with van der Waals surface area (Å²) < 4.78 is 39.5. The van der Waals surface area contributed by atoms with Gasteiger partial charge in [0.1, 0.15) is 23.2 Å². The van der Waals surface area contributed by atoms with Crippen LogP contribution in [0.3, 0.4) is 0 Å². The predicted molar refractivity (Wildman–Crippen MR) is 204 cm³/mol. The fourth-order valence-corrected chi connectivity index (χ4v) is 9.26. The van der Waals surface area contributed by atoms with Gasteiger partial charge in [-0.2, -0.15) is 0 Å². The van der Waals surface area contributed by atoms with Gasteiger partial charge in [-0.25, -0.2) is 13.2 Å². The molecule has 3 fully saturated rings. The summed E-state index contributed by atoms with van der Waals surface area (Å²) >= 11 is 0. The van der Waals surface area contributed by atoms with Crippen LogP contribution in [0.5, 0.6) is 0 Å². The summed E-state index contributed by atoms with van der Waals surface area (Å²) in [5.41, 5.74) is 0.714. The molecule has 2 aromatic carbocycles. The molecule has 3 N–H and O–H groups in total. The van der Waals surface area contributed by atoms with E-state index in [4.69, 9.17) is 9.47 Å². The van der Waals surface area contributed by atoms with Crippen LogP contribution in [0.4, 0.5) is 4.79 Å². The molecule has 3 aliphatic heterocycles. The van der Waals surface area contributed by atoms with Crippen molar-refractivity contribution in [2.75, 3.05) is 20.3 Å². The number of alkyl carbamates (subject to hydrolysis) is 1. The molecule has 292 valence electrons. The van der Waals surface area contributed by atoms with Crippen LogP contribution in [0.1, 0.15) is 89.7 Å². The number of hydrogen-bond donors (Lipinski definition) is 3. The van der Waals surface area contributed by atoms with Gasteiger partial charge in [0.2, 0.25) is 21.8 Å². The summed E-state index contributed by atoms with van der Waals surface area (Å²) in [6.07, 6.45) is 7.55. The molecular formula is C41H54N4O8S. The quantitative estimate of drug-likeness (QED) is 0.328. The van der Waals surface area contributed by atoms with Gasteiger partial charge in [0, 0.05) is 19.4 Å². The maximum absolute atomic E-state index is 14.7. The van der Waals surface area contributed by atoms with Crippen molar-refractivity contribution in [2.24, 2.45) is 11.3 Å². The lowest BCUT2D eigenvalue weighted by Gasteiger charge is -2.36. The molecule has 54 heavy (non-hydrogen) atoms. The van der Waals surface area contributed by atoms with Gasteiger partial charge in [-0.3, -0.25) is 19.1 Å². The Morgan fingerprint density at radius 2 is 1.69 bits per heavy atom. The van der Waals surface area contributed by atoms with Crippen LogP contribution in [0, 0.1) is 11.3 Å². The molecule has 0 radical (unpaired) electrons. The zero-order valence-corrected chi connectivity index (χ0v) is 32.6. The molecule has 12 nitrogen and oxygen atoms in total. The lowest BCUT2D eigenvalue weighted by atomic mass is 9.85. The first-order chi connectivity index (χ1) is 25.6. The van der Waals surface area contributed by atoms with Crippen LogP contribution in [0.15, 0.2) is 61.2 Å². The van der Waals surface area contributed by atoms with E-state index in [1.807, 2.05) is 51.1 Å². The number of carbonyl (C=O) groups excluding carboxylic acids is 4. The second kappa shape index (κ2) is 15.5. The Morgan fingerprint density at radius 3 is 2.33 bits per heavy atom. The van der Waals surface area contributed by atoms with Crippen molar-refractivity contribution in [1.82, 2.24) is 20.3 Å². The Bertz CT molecular complexity index is 1870. The van der Waals surface area contributed by atoms with Crippen molar-refractivity contribution in [3.05, 3.63) is 72.3 Å². The fourth-order valence-electron chi connectivity index (χ4n) is 7.89. The molecule has 0 spiro atoms. The molecule has 5 atom stereocenters. The minimum atomic E-state index is -3.89.